The molecule has 0 saturated carbocycles. The molecule has 4 N–H and O–H groups in total. The molecule has 0 aliphatic heterocycles. The van der Waals surface area contributed by atoms with Gasteiger partial charge in [0.05, 0.1) is 24.5 Å². The fourth-order valence-electron chi connectivity index (χ4n) is 3.49. The van der Waals surface area contributed by atoms with Crippen molar-refractivity contribution in [3.05, 3.63) is 43.1 Å². The highest BCUT2D eigenvalue weighted by molar-refractivity contribution is 5.89. The van der Waals surface area contributed by atoms with E-state index in [4.69, 9.17) is 0 Å². The van der Waals surface area contributed by atoms with Gasteiger partial charge in [-0.3, -0.25) is 4.68 Å². The molecule has 0 bridgehead atoms. The Hall–Kier alpha value is -2.47. The smallest absolute Gasteiger partial charge is 0.141 e. The number of H-pyrrole nitrogens is 1. The number of rotatable bonds is 5. The van der Waals surface area contributed by atoms with Gasteiger partial charge in [-0.15, -0.1) is 0 Å². The van der Waals surface area contributed by atoms with Gasteiger partial charge in [-0.1, -0.05) is 12.2 Å². The number of hydrogen-bond donors (Lipinski definition) is 2. The summed E-state index contributed by atoms with van der Waals surface area (Å²) in [6.07, 6.45) is 15.4. The van der Waals surface area contributed by atoms with Gasteiger partial charge in [-0.05, 0) is 24.8 Å². The molecule has 0 amide bonds. The first-order chi connectivity index (χ1) is 11.4. The molecule has 0 fully saturated rings. The zero-order valence-electron chi connectivity index (χ0n) is 13.0. The van der Waals surface area contributed by atoms with E-state index in [0.717, 1.165) is 48.1 Å². The summed E-state index contributed by atoms with van der Waals surface area (Å²) in [6.45, 7) is 0.923. The highest BCUT2D eigenvalue weighted by Gasteiger charge is 2.25. The van der Waals surface area contributed by atoms with Crippen LogP contribution in [-0.2, 0) is 0 Å². The van der Waals surface area contributed by atoms with Gasteiger partial charge in [0, 0.05) is 29.8 Å². The van der Waals surface area contributed by atoms with E-state index in [1.54, 1.807) is 6.33 Å². The molecule has 0 saturated heterocycles. The van der Waals surface area contributed by atoms with E-state index in [-0.39, 0.29) is 0 Å². The van der Waals surface area contributed by atoms with E-state index in [0.29, 0.717) is 12.0 Å². The van der Waals surface area contributed by atoms with Crippen LogP contribution in [0.15, 0.2) is 43.1 Å². The lowest BCUT2D eigenvalue weighted by molar-refractivity contribution is -0.370. The molecule has 118 valence electrons. The van der Waals surface area contributed by atoms with Crippen molar-refractivity contribution in [3.63, 3.8) is 0 Å². The number of nitrogens with zero attached hydrogens (tertiary/aromatic N) is 4. The summed E-state index contributed by atoms with van der Waals surface area (Å²) in [5.41, 5.74) is 6.86. The van der Waals surface area contributed by atoms with E-state index in [2.05, 4.69) is 48.8 Å². The summed E-state index contributed by atoms with van der Waals surface area (Å²) < 4.78 is 2.11. The minimum atomic E-state index is 0.403. The lowest BCUT2D eigenvalue weighted by Gasteiger charge is -2.22. The molecule has 3 aromatic heterocycles. The van der Waals surface area contributed by atoms with Crippen molar-refractivity contribution in [1.29, 1.82) is 0 Å². The van der Waals surface area contributed by atoms with Crippen LogP contribution in [-0.4, -0.2) is 31.3 Å². The summed E-state index contributed by atoms with van der Waals surface area (Å²) >= 11 is 0. The number of nitrogens with one attached hydrogen (secondary N) is 1. The molecule has 3 aromatic rings. The zero-order valence-corrected chi connectivity index (χ0v) is 13.0. The normalized spacial score (nSPS) is 16.4. The van der Waals surface area contributed by atoms with Gasteiger partial charge < -0.3 is 10.7 Å². The maximum atomic E-state index is 4.64. The van der Waals surface area contributed by atoms with Crippen molar-refractivity contribution in [2.24, 2.45) is 5.92 Å². The molecule has 3 heterocycles. The molecule has 0 spiro atoms. The minimum absolute atomic E-state index is 0.403. The molecular formula is C17H21N6+. The topological polar surface area (TPSA) is 87.0 Å². The summed E-state index contributed by atoms with van der Waals surface area (Å²) in [5, 5.41) is 5.67. The molecule has 1 aliphatic carbocycles. The van der Waals surface area contributed by atoms with E-state index in [1.165, 1.54) is 0 Å². The van der Waals surface area contributed by atoms with Crippen LogP contribution in [0.4, 0.5) is 0 Å². The van der Waals surface area contributed by atoms with Crippen molar-refractivity contribution < 1.29 is 5.73 Å². The van der Waals surface area contributed by atoms with Gasteiger partial charge in [0.25, 0.3) is 0 Å². The predicted molar refractivity (Wildman–Crippen MR) is 88.4 cm³/mol. The third kappa shape index (κ3) is 2.55. The quantitative estimate of drug-likeness (QED) is 0.706. The highest BCUT2D eigenvalue weighted by atomic mass is 15.3. The first-order valence-corrected chi connectivity index (χ1v) is 8.13. The largest absolute Gasteiger partial charge is 0.357 e. The molecule has 0 unspecified atom stereocenters. The molecule has 6 nitrogen and oxygen atoms in total. The van der Waals surface area contributed by atoms with Crippen molar-refractivity contribution in [2.75, 3.05) is 6.54 Å². The standard InChI is InChI=1S/C17H20N6/c18-7-5-15(12-3-1-2-4-12)23-10-13(9-22-23)16-14-6-8-19-17(14)21-11-20-16/h1-2,6,8-12,15H,3-5,7,18H2,(H,19,20,21)/p+1/t15-/m1/s1. The fourth-order valence-corrected chi connectivity index (χ4v) is 3.49. The Morgan fingerprint density at radius 2 is 2.17 bits per heavy atom. The molecular weight excluding hydrogens is 288 g/mol. The number of aromatic amines is 1. The van der Waals surface area contributed by atoms with Gasteiger partial charge in [0.15, 0.2) is 0 Å². The van der Waals surface area contributed by atoms with E-state index in [9.17, 15) is 0 Å². The van der Waals surface area contributed by atoms with Gasteiger partial charge in [0.1, 0.15) is 12.0 Å². The molecule has 6 heteroatoms. The van der Waals surface area contributed by atoms with Crippen molar-refractivity contribution in [1.82, 2.24) is 24.7 Å². The SMILES string of the molecule is [NH3+]CC[C@H](C1CC=CC1)n1cc(-c2ncnc3[nH]ccc23)cn1. The van der Waals surface area contributed by atoms with Gasteiger partial charge in [0.2, 0.25) is 0 Å². The second kappa shape index (κ2) is 5.96. The molecule has 23 heavy (non-hydrogen) atoms. The monoisotopic (exact) mass is 309 g/mol. The van der Waals surface area contributed by atoms with Crippen LogP contribution in [0.3, 0.4) is 0 Å². The van der Waals surface area contributed by atoms with Crippen LogP contribution in [0.25, 0.3) is 22.3 Å². The second-order valence-electron chi connectivity index (χ2n) is 6.08. The zero-order chi connectivity index (χ0) is 15.6. The Morgan fingerprint density at radius 1 is 1.30 bits per heavy atom. The summed E-state index contributed by atoms with van der Waals surface area (Å²) in [4.78, 5) is 11.8. The number of aromatic nitrogens is 5. The number of quaternary nitrogens is 1. The minimum Gasteiger partial charge on any atom is -0.357 e. The van der Waals surface area contributed by atoms with Crippen LogP contribution in [0.1, 0.15) is 25.3 Å². The first kappa shape index (κ1) is 14.1. The van der Waals surface area contributed by atoms with Gasteiger partial charge in [-0.25, -0.2) is 9.97 Å². The maximum Gasteiger partial charge on any atom is 0.141 e. The van der Waals surface area contributed by atoms with Crippen LogP contribution in [0.5, 0.6) is 0 Å². The molecule has 0 aromatic carbocycles. The summed E-state index contributed by atoms with van der Waals surface area (Å²) in [7, 11) is 0. The Balaban J connectivity index is 1.69. The molecule has 1 aliphatic rings. The van der Waals surface area contributed by atoms with Crippen molar-refractivity contribution >= 4 is 11.0 Å². The van der Waals surface area contributed by atoms with Crippen LogP contribution < -0.4 is 5.73 Å². The molecule has 4 rings (SSSR count). The summed E-state index contributed by atoms with van der Waals surface area (Å²) in [5.74, 6) is 0.627. The lowest BCUT2D eigenvalue weighted by Crippen LogP contribution is -2.51. The molecule has 1 atom stereocenters. The number of fused-ring (bicyclic) bond motifs is 1. The van der Waals surface area contributed by atoms with Crippen LogP contribution in [0.2, 0.25) is 0 Å². The highest BCUT2D eigenvalue weighted by Crippen LogP contribution is 2.33. The Bertz CT molecular complexity index is 822. The van der Waals surface area contributed by atoms with Crippen LogP contribution >= 0.6 is 0 Å². The van der Waals surface area contributed by atoms with Crippen molar-refractivity contribution in [2.45, 2.75) is 25.3 Å². The Kier molecular flexibility index (Phi) is 3.67. The summed E-state index contributed by atoms with van der Waals surface area (Å²) in [6, 6.07) is 2.41. The Morgan fingerprint density at radius 3 is 3.00 bits per heavy atom. The predicted octanol–water partition coefficient (Wildman–Crippen LogP) is 1.96. The van der Waals surface area contributed by atoms with Gasteiger partial charge >= 0.3 is 0 Å². The second-order valence-corrected chi connectivity index (χ2v) is 6.08. The maximum absolute atomic E-state index is 4.64. The number of hydrogen-bond acceptors (Lipinski definition) is 3. The Labute approximate surface area is 134 Å². The lowest BCUT2D eigenvalue weighted by atomic mass is 9.95. The average Bonchev–Trinajstić information content (AvgIpc) is 3.32. The van der Waals surface area contributed by atoms with E-state index in [1.807, 2.05) is 18.5 Å². The third-order valence-electron chi connectivity index (χ3n) is 4.66. The van der Waals surface area contributed by atoms with Crippen LogP contribution in [0, 0.1) is 5.92 Å². The van der Waals surface area contributed by atoms with Gasteiger partial charge in [-0.2, -0.15) is 5.10 Å². The first-order valence-electron chi connectivity index (χ1n) is 8.13. The van der Waals surface area contributed by atoms with E-state index < -0.39 is 0 Å². The third-order valence-corrected chi connectivity index (χ3v) is 4.66. The van der Waals surface area contributed by atoms with Crippen molar-refractivity contribution in [3.8, 4) is 11.3 Å². The average molecular weight is 309 g/mol. The van der Waals surface area contributed by atoms with E-state index >= 15 is 0 Å². The number of allylic oxidation sites excluding steroid dienone is 2. The molecule has 0 radical (unpaired) electrons. The fraction of sp³-hybridized carbons (Fsp3) is 0.353.